The lowest BCUT2D eigenvalue weighted by Gasteiger charge is -2.27. The molecule has 0 saturated carbocycles. The topological polar surface area (TPSA) is 30.5 Å². The van der Waals surface area contributed by atoms with Gasteiger partial charge in [0.1, 0.15) is 5.82 Å². The summed E-state index contributed by atoms with van der Waals surface area (Å²) in [5.74, 6) is -0.163. The SMILES string of the molecule is Cl.Cl.Fc1ccc(N2CCC(NCCN3CCNCC3)C2)cc1. The fourth-order valence-electron chi connectivity index (χ4n) is 3.17. The van der Waals surface area contributed by atoms with Crippen LogP contribution in [0.25, 0.3) is 0 Å². The third-order valence-electron chi connectivity index (χ3n) is 4.45. The van der Waals surface area contributed by atoms with Gasteiger partial charge in [-0.25, -0.2) is 4.39 Å². The molecule has 1 atom stereocenters. The van der Waals surface area contributed by atoms with Crippen molar-refractivity contribution < 1.29 is 4.39 Å². The number of nitrogens with zero attached hydrogens (tertiary/aromatic N) is 2. The second-order valence-electron chi connectivity index (χ2n) is 5.95. The van der Waals surface area contributed by atoms with Crippen molar-refractivity contribution in [1.29, 1.82) is 0 Å². The number of rotatable bonds is 5. The van der Waals surface area contributed by atoms with Crippen molar-refractivity contribution in [2.24, 2.45) is 0 Å². The maximum absolute atomic E-state index is 13.0. The van der Waals surface area contributed by atoms with Crippen molar-refractivity contribution >= 4 is 30.5 Å². The molecular formula is C16H27Cl2FN4. The van der Waals surface area contributed by atoms with E-state index in [1.807, 2.05) is 12.1 Å². The lowest BCUT2D eigenvalue weighted by molar-refractivity contribution is 0.238. The number of halogens is 3. The van der Waals surface area contributed by atoms with Crippen LogP contribution in [0.4, 0.5) is 10.1 Å². The summed E-state index contributed by atoms with van der Waals surface area (Å²) in [5.41, 5.74) is 1.13. The summed E-state index contributed by atoms with van der Waals surface area (Å²) in [5, 5.41) is 7.04. The minimum atomic E-state index is -0.163. The third kappa shape index (κ3) is 6.08. The van der Waals surface area contributed by atoms with Gasteiger partial charge in [-0.15, -0.1) is 24.8 Å². The summed E-state index contributed by atoms with van der Waals surface area (Å²) in [4.78, 5) is 4.85. The Morgan fingerprint density at radius 1 is 1.09 bits per heavy atom. The van der Waals surface area contributed by atoms with E-state index < -0.39 is 0 Å². The van der Waals surface area contributed by atoms with Crippen LogP contribution < -0.4 is 15.5 Å². The lowest BCUT2D eigenvalue weighted by Crippen LogP contribution is -2.46. The second-order valence-corrected chi connectivity index (χ2v) is 5.95. The van der Waals surface area contributed by atoms with Gasteiger partial charge in [-0.3, -0.25) is 4.90 Å². The molecule has 2 aliphatic rings. The molecule has 132 valence electrons. The highest BCUT2D eigenvalue weighted by Gasteiger charge is 2.22. The monoisotopic (exact) mass is 364 g/mol. The lowest BCUT2D eigenvalue weighted by atomic mass is 10.2. The molecule has 23 heavy (non-hydrogen) atoms. The first-order valence-corrected chi connectivity index (χ1v) is 7.98. The number of hydrogen-bond acceptors (Lipinski definition) is 4. The van der Waals surface area contributed by atoms with Crippen LogP contribution in [0.15, 0.2) is 24.3 Å². The van der Waals surface area contributed by atoms with E-state index in [2.05, 4.69) is 20.4 Å². The van der Waals surface area contributed by atoms with Crippen molar-refractivity contribution in [1.82, 2.24) is 15.5 Å². The molecule has 0 aliphatic carbocycles. The zero-order valence-corrected chi connectivity index (χ0v) is 15.0. The van der Waals surface area contributed by atoms with Crippen molar-refractivity contribution in [3.63, 3.8) is 0 Å². The third-order valence-corrected chi connectivity index (χ3v) is 4.45. The van der Waals surface area contributed by atoms with Crippen LogP contribution in [-0.4, -0.2) is 63.3 Å². The van der Waals surface area contributed by atoms with Crippen molar-refractivity contribution in [3.8, 4) is 0 Å². The average molecular weight is 365 g/mol. The van der Waals surface area contributed by atoms with Gasteiger partial charge in [0, 0.05) is 64.1 Å². The largest absolute Gasteiger partial charge is 0.370 e. The van der Waals surface area contributed by atoms with Gasteiger partial charge in [0.2, 0.25) is 0 Å². The Bertz CT molecular complexity index is 440. The molecule has 0 amide bonds. The molecule has 1 aromatic rings. The molecule has 0 radical (unpaired) electrons. The van der Waals surface area contributed by atoms with Crippen molar-refractivity contribution in [2.75, 3.05) is 57.3 Å². The number of anilines is 1. The Morgan fingerprint density at radius 2 is 1.78 bits per heavy atom. The van der Waals surface area contributed by atoms with E-state index >= 15 is 0 Å². The number of nitrogens with one attached hydrogen (secondary N) is 2. The summed E-state index contributed by atoms with van der Waals surface area (Å²) in [6.07, 6.45) is 1.17. The fourth-order valence-corrected chi connectivity index (χ4v) is 3.17. The van der Waals surface area contributed by atoms with Crippen LogP contribution in [0, 0.1) is 5.82 Å². The maximum Gasteiger partial charge on any atom is 0.123 e. The van der Waals surface area contributed by atoms with E-state index in [1.54, 1.807) is 12.1 Å². The Hall–Kier alpha value is -0.590. The molecule has 7 heteroatoms. The highest BCUT2D eigenvalue weighted by Crippen LogP contribution is 2.20. The summed E-state index contributed by atoms with van der Waals surface area (Å²) in [6.45, 7) is 8.81. The molecular weight excluding hydrogens is 338 g/mol. The van der Waals surface area contributed by atoms with Gasteiger partial charge in [0.15, 0.2) is 0 Å². The molecule has 1 unspecified atom stereocenters. The standard InChI is InChI=1S/C16H25FN4.2ClH/c17-14-1-3-16(4-2-14)21-9-5-15(13-21)19-8-12-20-10-6-18-7-11-20;;/h1-4,15,18-19H,5-13H2;2*1H. The van der Waals surface area contributed by atoms with E-state index in [0.29, 0.717) is 6.04 Å². The van der Waals surface area contributed by atoms with Gasteiger partial charge in [-0.05, 0) is 30.7 Å². The normalized spacial score (nSPS) is 21.6. The predicted molar refractivity (Wildman–Crippen MR) is 98.8 cm³/mol. The zero-order chi connectivity index (χ0) is 14.5. The van der Waals surface area contributed by atoms with Crippen LogP contribution in [0.5, 0.6) is 0 Å². The quantitative estimate of drug-likeness (QED) is 0.832. The predicted octanol–water partition coefficient (Wildman–Crippen LogP) is 1.74. The van der Waals surface area contributed by atoms with Crippen LogP contribution in [0.2, 0.25) is 0 Å². The first-order valence-electron chi connectivity index (χ1n) is 7.98. The molecule has 2 saturated heterocycles. The first-order chi connectivity index (χ1) is 10.3. The van der Waals surface area contributed by atoms with E-state index in [1.165, 1.54) is 6.42 Å². The Labute approximate surface area is 150 Å². The molecule has 2 heterocycles. The van der Waals surface area contributed by atoms with Crippen molar-refractivity contribution in [3.05, 3.63) is 30.1 Å². The van der Waals surface area contributed by atoms with E-state index in [-0.39, 0.29) is 30.6 Å². The molecule has 3 rings (SSSR count). The smallest absolute Gasteiger partial charge is 0.123 e. The minimum Gasteiger partial charge on any atom is -0.370 e. The van der Waals surface area contributed by atoms with Crippen LogP contribution in [0.1, 0.15) is 6.42 Å². The van der Waals surface area contributed by atoms with Gasteiger partial charge in [0.05, 0.1) is 0 Å². The summed E-state index contributed by atoms with van der Waals surface area (Å²) in [6, 6.07) is 7.38. The highest BCUT2D eigenvalue weighted by molar-refractivity contribution is 5.85. The number of benzene rings is 1. The summed E-state index contributed by atoms with van der Waals surface area (Å²) in [7, 11) is 0. The average Bonchev–Trinajstić information content (AvgIpc) is 2.98. The van der Waals surface area contributed by atoms with Gasteiger partial charge in [-0.2, -0.15) is 0 Å². The first kappa shape index (κ1) is 20.5. The Morgan fingerprint density at radius 3 is 2.48 bits per heavy atom. The molecule has 1 aromatic carbocycles. The van der Waals surface area contributed by atoms with Gasteiger partial charge in [0.25, 0.3) is 0 Å². The Balaban J connectivity index is 0.00000132. The highest BCUT2D eigenvalue weighted by atomic mass is 35.5. The maximum atomic E-state index is 13.0. The minimum absolute atomic E-state index is 0. The van der Waals surface area contributed by atoms with Gasteiger partial charge in [-0.1, -0.05) is 0 Å². The van der Waals surface area contributed by atoms with E-state index in [4.69, 9.17) is 0 Å². The van der Waals surface area contributed by atoms with Gasteiger partial charge >= 0.3 is 0 Å². The van der Waals surface area contributed by atoms with E-state index in [9.17, 15) is 4.39 Å². The summed E-state index contributed by atoms with van der Waals surface area (Å²) >= 11 is 0. The van der Waals surface area contributed by atoms with Crippen LogP contribution in [-0.2, 0) is 0 Å². The van der Waals surface area contributed by atoms with Crippen molar-refractivity contribution in [2.45, 2.75) is 12.5 Å². The van der Waals surface area contributed by atoms with Gasteiger partial charge < -0.3 is 15.5 Å². The molecule has 0 spiro atoms. The number of piperazine rings is 1. The number of hydrogen-bond donors (Lipinski definition) is 2. The molecule has 0 aromatic heterocycles. The fraction of sp³-hybridized carbons (Fsp3) is 0.625. The summed E-state index contributed by atoms with van der Waals surface area (Å²) < 4.78 is 13.0. The second kappa shape index (κ2) is 10.3. The molecule has 0 bridgehead atoms. The zero-order valence-electron chi connectivity index (χ0n) is 13.3. The molecule has 2 N–H and O–H groups in total. The molecule has 2 fully saturated rings. The molecule has 2 aliphatic heterocycles. The Kier molecular flexibility index (Phi) is 9.17. The van der Waals surface area contributed by atoms with E-state index in [0.717, 1.165) is 58.0 Å². The van der Waals surface area contributed by atoms with Crippen LogP contribution in [0.3, 0.4) is 0 Å². The van der Waals surface area contributed by atoms with Crippen LogP contribution >= 0.6 is 24.8 Å². The molecule has 4 nitrogen and oxygen atoms in total.